The van der Waals surface area contributed by atoms with Gasteiger partial charge >= 0.3 is 0 Å². The van der Waals surface area contributed by atoms with Crippen LogP contribution in [0.2, 0.25) is 0 Å². The average molecular weight is 371 g/mol. The summed E-state index contributed by atoms with van der Waals surface area (Å²) in [6.45, 7) is 2.22. The third-order valence-electron chi connectivity index (χ3n) is 4.33. The normalized spacial score (nSPS) is 13.0. The molecule has 1 atom stereocenters. The van der Waals surface area contributed by atoms with E-state index in [2.05, 4.69) is 16.6 Å². The lowest BCUT2D eigenvalue weighted by atomic mass is 10.1. The quantitative estimate of drug-likeness (QED) is 0.458. The molecule has 0 aliphatic heterocycles. The van der Waals surface area contributed by atoms with Crippen LogP contribution < -0.4 is 4.72 Å². The fourth-order valence-corrected chi connectivity index (χ4v) is 3.89. The van der Waals surface area contributed by atoms with Crippen molar-refractivity contribution in [2.45, 2.75) is 77.2 Å². The van der Waals surface area contributed by atoms with Gasteiger partial charge < -0.3 is 5.11 Å². The molecule has 144 valence electrons. The van der Waals surface area contributed by atoms with Crippen LogP contribution in [0.25, 0.3) is 0 Å². The van der Waals surface area contributed by atoms with Gasteiger partial charge in [-0.05, 0) is 12.5 Å². The molecule has 0 saturated heterocycles. The smallest absolute Gasteiger partial charge is 0.211 e. The second-order valence-corrected chi connectivity index (χ2v) is 8.58. The second kappa shape index (κ2) is 13.3. The molecule has 1 aromatic rings. The van der Waals surface area contributed by atoms with Gasteiger partial charge in [-0.3, -0.25) is 4.98 Å². The van der Waals surface area contributed by atoms with Gasteiger partial charge in [-0.2, -0.15) is 0 Å². The lowest BCUT2D eigenvalue weighted by Gasteiger charge is -2.12. The molecule has 1 unspecified atom stereocenters. The molecular formula is C19H34N2O3S. The van der Waals surface area contributed by atoms with Crippen molar-refractivity contribution in [1.82, 2.24) is 9.71 Å². The summed E-state index contributed by atoms with van der Waals surface area (Å²) in [6, 6.07) is 3.45. The zero-order valence-corrected chi connectivity index (χ0v) is 16.3. The molecule has 25 heavy (non-hydrogen) atoms. The Labute approximate surface area is 153 Å². The monoisotopic (exact) mass is 370 g/mol. The molecule has 0 amide bonds. The summed E-state index contributed by atoms with van der Waals surface area (Å²) in [5.74, 6) is 0.128. The highest BCUT2D eigenvalue weighted by Gasteiger charge is 2.14. The number of sulfonamides is 1. The minimum atomic E-state index is -3.32. The molecule has 1 rings (SSSR count). The maximum absolute atomic E-state index is 12.0. The Morgan fingerprint density at radius 1 is 1.04 bits per heavy atom. The number of hydrogen-bond acceptors (Lipinski definition) is 4. The van der Waals surface area contributed by atoms with E-state index < -0.39 is 16.1 Å². The summed E-state index contributed by atoms with van der Waals surface area (Å²) in [7, 11) is -3.32. The standard InChI is InChI=1S/C19H34N2O3S/c1-2-3-4-5-6-7-8-9-10-11-15-25(23,24)21-17-19(22)18-13-12-14-20-16-18/h12-14,16,19,21-22H,2-11,15,17H2,1H3. The summed E-state index contributed by atoms with van der Waals surface area (Å²) in [6.07, 6.45) is 14.0. The van der Waals surface area contributed by atoms with Crippen molar-refractivity contribution in [2.24, 2.45) is 0 Å². The molecule has 1 heterocycles. The van der Waals surface area contributed by atoms with Gasteiger partial charge in [0.15, 0.2) is 0 Å². The number of hydrogen-bond donors (Lipinski definition) is 2. The number of pyridine rings is 1. The highest BCUT2D eigenvalue weighted by atomic mass is 32.2. The Kier molecular flexibility index (Phi) is 11.7. The predicted molar refractivity (Wildman–Crippen MR) is 103 cm³/mol. The van der Waals surface area contributed by atoms with E-state index in [1.807, 2.05) is 0 Å². The summed E-state index contributed by atoms with van der Waals surface area (Å²) < 4.78 is 26.4. The molecule has 2 N–H and O–H groups in total. The van der Waals surface area contributed by atoms with Crippen LogP contribution in [0.5, 0.6) is 0 Å². The lowest BCUT2D eigenvalue weighted by molar-refractivity contribution is 0.181. The van der Waals surface area contributed by atoms with Crippen molar-refractivity contribution in [1.29, 1.82) is 0 Å². The zero-order chi connectivity index (χ0) is 18.4. The molecule has 0 bridgehead atoms. The molecular weight excluding hydrogens is 336 g/mol. The van der Waals surface area contributed by atoms with Crippen molar-refractivity contribution in [3.63, 3.8) is 0 Å². The number of rotatable bonds is 15. The number of aliphatic hydroxyl groups is 1. The molecule has 0 aromatic carbocycles. The van der Waals surface area contributed by atoms with Gasteiger partial charge in [0.25, 0.3) is 0 Å². The van der Waals surface area contributed by atoms with Crippen molar-refractivity contribution in [3.8, 4) is 0 Å². The van der Waals surface area contributed by atoms with Gasteiger partial charge in [0.2, 0.25) is 10.0 Å². The number of unbranched alkanes of at least 4 members (excludes halogenated alkanes) is 9. The summed E-state index contributed by atoms with van der Waals surface area (Å²) >= 11 is 0. The molecule has 0 spiro atoms. The van der Waals surface area contributed by atoms with E-state index in [1.54, 1.807) is 24.5 Å². The molecule has 0 saturated carbocycles. The van der Waals surface area contributed by atoms with Crippen molar-refractivity contribution in [3.05, 3.63) is 30.1 Å². The van der Waals surface area contributed by atoms with Crippen molar-refractivity contribution >= 4 is 10.0 Å². The molecule has 1 aromatic heterocycles. The highest BCUT2D eigenvalue weighted by molar-refractivity contribution is 7.89. The van der Waals surface area contributed by atoms with E-state index in [-0.39, 0.29) is 12.3 Å². The third kappa shape index (κ3) is 11.3. The lowest BCUT2D eigenvalue weighted by Crippen LogP contribution is -2.30. The zero-order valence-electron chi connectivity index (χ0n) is 15.5. The van der Waals surface area contributed by atoms with Crippen molar-refractivity contribution in [2.75, 3.05) is 12.3 Å². The van der Waals surface area contributed by atoms with Crippen LogP contribution in [0.1, 0.15) is 82.8 Å². The first-order valence-corrected chi connectivity index (χ1v) is 11.3. The van der Waals surface area contributed by atoms with E-state index in [4.69, 9.17) is 0 Å². The molecule has 6 heteroatoms. The topological polar surface area (TPSA) is 79.3 Å². The van der Waals surface area contributed by atoms with E-state index in [9.17, 15) is 13.5 Å². The number of aliphatic hydroxyl groups excluding tert-OH is 1. The first kappa shape index (κ1) is 22.1. The van der Waals surface area contributed by atoms with Gasteiger partial charge in [0.1, 0.15) is 0 Å². The van der Waals surface area contributed by atoms with E-state index in [1.165, 1.54) is 44.9 Å². The second-order valence-electron chi connectivity index (χ2n) is 6.65. The van der Waals surface area contributed by atoms with Gasteiger partial charge in [0.05, 0.1) is 11.9 Å². The Balaban J connectivity index is 2.05. The Hall–Kier alpha value is -0.980. The Morgan fingerprint density at radius 2 is 1.64 bits per heavy atom. The van der Waals surface area contributed by atoms with Gasteiger partial charge in [0, 0.05) is 24.5 Å². The summed E-state index contributed by atoms with van der Waals surface area (Å²) in [5.41, 5.74) is 0.615. The average Bonchev–Trinajstić information content (AvgIpc) is 2.62. The van der Waals surface area contributed by atoms with Crippen LogP contribution in [-0.2, 0) is 10.0 Å². The first-order valence-electron chi connectivity index (χ1n) is 9.60. The van der Waals surface area contributed by atoms with Crippen molar-refractivity contribution < 1.29 is 13.5 Å². The summed E-state index contributed by atoms with van der Waals surface area (Å²) in [5, 5.41) is 9.96. The summed E-state index contributed by atoms with van der Waals surface area (Å²) in [4.78, 5) is 3.92. The third-order valence-corrected chi connectivity index (χ3v) is 5.77. The van der Waals surface area contributed by atoms with Crippen LogP contribution >= 0.6 is 0 Å². The number of aromatic nitrogens is 1. The van der Waals surface area contributed by atoms with Gasteiger partial charge in [-0.15, -0.1) is 0 Å². The molecule has 0 aliphatic rings. The Bertz CT molecular complexity index is 535. The van der Waals surface area contributed by atoms with E-state index in [0.29, 0.717) is 12.0 Å². The van der Waals surface area contributed by atoms with Gasteiger partial charge in [-0.25, -0.2) is 13.1 Å². The number of nitrogens with zero attached hydrogens (tertiary/aromatic N) is 1. The largest absolute Gasteiger partial charge is 0.387 e. The van der Waals surface area contributed by atoms with E-state index in [0.717, 1.165) is 12.8 Å². The minimum Gasteiger partial charge on any atom is -0.387 e. The van der Waals surface area contributed by atoms with Crippen LogP contribution in [-0.4, -0.2) is 30.8 Å². The molecule has 0 fully saturated rings. The predicted octanol–water partition coefficient (Wildman–Crippen LogP) is 3.96. The van der Waals surface area contributed by atoms with Crippen LogP contribution in [0.15, 0.2) is 24.5 Å². The highest BCUT2D eigenvalue weighted by Crippen LogP contribution is 2.12. The first-order chi connectivity index (χ1) is 12.0. The fourth-order valence-electron chi connectivity index (χ4n) is 2.75. The Morgan fingerprint density at radius 3 is 2.20 bits per heavy atom. The fraction of sp³-hybridized carbons (Fsp3) is 0.737. The maximum atomic E-state index is 12.0. The van der Waals surface area contributed by atoms with Crippen LogP contribution in [0.4, 0.5) is 0 Å². The minimum absolute atomic E-state index is 0.00815. The maximum Gasteiger partial charge on any atom is 0.211 e. The van der Waals surface area contributed by atoms with Gasteiger partial charge in [-0.1, -0.05) is 70.8 Å². The molecule has 0 radical (unpaired) electrons. The van der Waals surface area contributed by atoms with Crippen LogP contribution in [0, 0.1) is 0 Å². The molecule has 5 nitrogen and oxygen atoms in total. The molecule has 0 aliphatic carbocycles. The van der Waals surface area contributed by atoms with E-state index >= 15 is 0 Å². The number of nitrogens with one attached hydrogen (secondary N) is 1. The van der Waals surface area contributed by atoms with Crippen LogP contribution in [0.3, 0.4) is 0 Å². The SMILES string of the molecule is CCCCCCCCCCCCS(=O)(=O)NCC(O)c1cccnc1.